The highest BCUT2D eigenvalue weighted by molar-refractivity contribution is 5.92. The van der Waals surface area contributed by atoms with Gasteiger partial charge in [-0.2, -0.15) is 5.10 Å². The zero-order valence-corrected chi connectivity index (χ0v) is 17.1. The number of carbonyl (C=O) groups excluding carboxylic acids is 1. The first-order valence-electron chi connectivity index (χ1n) is 9.42. The number of aromatic hydroxyl groups is 1. The first-order chi connectivity index (χ1) is 14.4. The summed E-state index contributed by atoms with van der Waals surface area (Å²) < 4.78 is 5.07. The third kappa shape index (κ3) is 4.18. The standard InChI is InChI=1S/C24H24N2O4/c1-16-7-4-10-19(13-16)24(29,20-11-5-8-17(2)14-20)23(28)26-25-15-18-9-6-12-21(30-3)22(18)27/h4-15,27,29H,1-3H3,(H,26,28)/b25-15-. The molecule has 6 nitrogen and oxygen atoms in total. The molecular weight excluding hydrogens is 380 g/mol. The van der Waals surface area contributed by atoms with Crippen LogP contribution in [0, 0.1) is 13.8 Å². The van der Waals surface area contributed by atoms with Gasteiger partial charge in [0.25, 0.3) is 5.91 Å². The van der Waals surface area contributed by atoms with Gasteiger partial charge in [-0.25, -0.2) is 5.43 Å². The van der Waals surface area contributed by atoms with Gasteiger partial charge < -0.3 is 14.9 Å². The van der Waals surface area contributed by atoms with E-state index in [0.717, 1.165) is 11.1 Å². The van der Waals surface area contributed by atoms with Crippen molar-refractivity contribution in [2.24, 2.45) is 5.10 Å². The van der Waals surface area contributed by atoms with E-state index in [-0.39, 0.29) is 5.75 Å². The Morgan fingerprint density at radius 2 is 1.57 bits per heavy atom. The van der Waals surface area contributed by atoms with Crippen LogP contribution in [0.2, 0.25) is 0 Å². The average molecular weight is 404 g/mol. The number of phenolic OH excluding ortho intramolecular Hbond substituents is 1. The van der Waals surface area contributed by atoms with Crippen molar-refractivity contribution in [2.75, 3.05) is 7.11 Å². The maximum absolute atomic E-state index is 13.1. The van der Waals surface area contributed by atoms with Gasteiger partial charge in [-0.3, -0.25) is 4.79 Å². The highest BCUT2D eigenvalue weighted by Crippen LogP contribution is 2.31. The molecule has 3 aromatic rings. The molecule has 3 aromatic carbocycles. The van der Waals surface area contributed by atoms with E-state index >= 15 is 0 Å². The molecule has 0 saturated heterocycles. The summed E-state index contributed by atoms with van der Waals surface area (Å²) in [4.78, 5) is 13.1. The lowest BCUT2D eigenvalue weighted by Gasteiger charge is -2.27. The Balaban J connectivity index is 1.95. The number of benzene rings is 3. The number of nitrogens with one attached hydrogen (secondary N) is 1. The van der Waals surface area contributed by atoms with Crippen molar-refractivity contribution in [3.63, 3.8) is 0 Å². The van der Waals surface area contributed by atoms with Crippen molar-refractivity contribution in [1.29, 1.82) is 0 Å². The monoisotopic (exact) mass is 404 g/mol. The molecule has 0 saturated carbocycles. The first-order valence-corrected chi connectivity index (χ1v) is 9.42. The molecule has 0 atom stereocenters. The molecule has 0 fully saturated rings. The van der Waals surface area contributed by atoms with Crippen LogP contribution in [0.5, 0.6) is 11.5 Å². The van der Waals surface area contributed by atoms with Crippen LogP contribution in [0.3, 0.4) is 0 Å². The number of methoxy groups -OCH3 is 1. The van der Waals surface area contributed by atoms with Crippen LogP contribution in [0.25, 0.3) is 0 Å². The molecule has 0 aliphatic carbocycles. The molecule has 1 amide bonds. The van der Waals surface area contributed by atoms with Crippen molar-refractivity contribution in [1.82, 2.24) is 5.43 Å². The molecule has 0 radical (unpaired) electrons. The van der Waals surface area contributed by atoms with Gasteiger partial charge in [-0.15, -0.1) is 0 Å². The van der Waals surface area contributed by atoms with E-state index in [1.807, 2.05) is 26.0 Å². The lowest BCUT2D eigenvalue weighted by molar-refractivity contribution is -0.136. The maximum Gasteiger partial charge on any atom is 0.281 e. The fraction of sp³-hybridized carbons (Fsp3) is 0.167. The van der Waals surface area contributed by atoms with Gasteiger partial charge in [0.15, 0.2) is 17.1 Å². The van der Waals surface area contributed by atoms with Gasteiger partial charge in [0.05, 0.1) is 13.3 Å². The van der Waals surface area contributed by atoms with Crippen LogP contribution < -0.4 is 10.2 Å². The Bertz CT molecular complexity index is 1050. The largest absolute Gasteiger partial charge is 0.504 e. The molecule has 0 heterocycles. The number of para-hydroxylation sites is 1. The molecule has 30 heavy (non-hydrogen) atoms. The number of hydrazone groups is 1. The summed E-state index contributed by atoms with van der Waals surface area (Å²) in [7, 11) is 1.45. The summed E-state index contributed by atoms with van der Waals surface area (Å²) in [5.74, 6) is -0.510. The second-order valence-corrected chi connectivity index (χ2v) is 7.05. The molecule has 0 aliphatic rings. The predicted molar refractivity (Wildman–Crippen MR) is 116 cm³/mol. The zero-order chi connectivity index (χ0) is 21.7. The molecule has 3 rings (SSSR count). The van der Waals surface area contributed by atoms with Crippen molar-refractivity contribution < 1.29 is 19.7 Å². The number of amides is 1. The van der Waals surface area contributed by atoms with Crippen LogP contribution in [-0.2, 0) is 10.4 Å². The number of hydrogen-bond donors (Lipinski definition) is 3. The second kappa shape index (κ2) is 8.80. The van der Waals surface area contributed by atoms with Crippen LogP contribution in [-0.4, -0.2) is 29.4 Å². The number of nitrogens with zero attached hydrogens (tertiary/aromatic N) is 1. The number of aryl methyl sites for hydroxylation is 2. The summed E-state index contributed by atoms with van der Waals surface area (Å²) in [5.41, 5.74) is 3.52. The number of phenols is 1. The first kappa shape index (κ1) is 21.1. The predicted octanol–water partition coefficient (Wildman–Crippen LogP) is 3.40. The Kier molecular flexibility index (Phi) is 6.18. The molecule has 0 aromatic heterocycles. The number of rotatable bonds is 6. The van der Waals surface area contributed by atoms with Crippen LogP contribution in [0.15, 0.2) is 71.8 Å². The van der Waals surface area contributed by atoms with Crippen LogP contribution in [0.1, 0.15) is 27.8 Å². The molecule has 154 valence electrons. The third-order valence-corrected chi connectivity index (χ3v) is 4.82. The summed E-state index contributed by atoms with van der Waals surface area (Å²) >= 11 is 0. The number of aliphatic hydroxyl groups is 1. The van der Waals surface area contributed by atoms with E-state index < -0.39 is 11.5 Å². The molecular formula is C24H24N2O4. The van der Waals surface area contributed by atoms with Gasteiger partial charge in [-0.1, -0.05) is 65.7 Å². The molecule has 6 heteroatoms. The minimum absolute atomic E-state index is 0.0920. The molecule has 0 unspecified atom stereocenters. The summed E-state index contributed by atoms with van der Waals surface area (Å²) in [6.07, 6.45) is 1.29. The molecule has 0 aliphatic heterocycles. The summed E-state index contributed by atoms with van der Waals surface area (Å²) in [5, 5.41) is 25.6. The van der Waals surface area contributed by atoms with Crippen LogP contribution >= 0.6 is 0 Å². The third-order valence-electron chi connectivity index (χ3n) is 4.82. The Hall–Kier alpha value is -3.64. The van der Waals surface area contributed by atoms with E-state index in [4.69, 9.17) is 4.74 Å². The lowest BCUT2D eigenvalue weighted by atomic mass is 9.84. The number of hydrogen-bond acceptors (Lipinski definition) is 5. The van der Waals surface area contributed by atoms with Crippen LogP contribution in [0.4, 0.5) is 0 Å². The second-order valence-electron chi connectivity index (χ2n) is 7.05. The van der Waals surface area contributed by atoms with Crippen molar-refractivity contribution in [3.8, 4) is 11.5 Å². The quantitative estimate of drug-likeness (QED) is 0.434. The van der Waals surface area contributed by atoms with Gasteiger partial charge in [0, 0.05) is 5.56 Å². The fourth-order valence-corrected chi connectivity index (χ4v) is 3.22. The van der Waals surface area contributed by atoms with E-state index in [9.17, 15) is 15.0 Å². The minimum atomic E-state index is -1.94. The number of ether oxygens (including phenoxy) is 1. The Morgan fingerprint density at radius 3 is 2.10 bits per heavy atom. The van der Waals surface area contributed by atoms with Crippen molar-refractivity contribution >= 4 is 12.1 Å². The van der Waals surface area contributed by atoms with E-state index in [2.05, 4.69) is 10.5 Å². The van der Waals surface area contributed by atoms with Gasteiger partial charge in [0.1, 0.15) is 0 Å². The Morgan fingerprint density at radius 1 is 1.00 bits per heavy atom. The van der Waals surface area contributed by atoms with Gasteiger partial charge in [0.2, 0.25) is 0 Å². The Labute approximate surface area is 175 Å². The molecule has 3 N–H and O–H groups in total. The van der Waals surface area contributed by atoms with Gasteiger partial charge in [-0.05, 0) is 37.1 Å². The molecule has 0 spiro atoms. The van der Waals surface area contributed by atoms with E-state index in [0.29, 0.717) is 22.4 Å². The van der Waals surface area contributed by atoms with Crippen molar-refractivity contribution in [2.45, 2.75) is 19.4 Å². The topological polar surface area (TPSA) is 91.2 Å². The van der Waals surface area contributed by atoms with E-state index in [1.54, 1.807) is 54.6 Å². The number of carbonyl (C=O) groups is 1. The lowest BCUT2D eigenvalue weighted by Crippen LogP contribution is -2.43. The fourth-order valence-electron chi connectivity index (χ4n) is 3.22. The maximum atomic E-state index is 13.1. The zero-order valence-electron chi connectivity index (χ0n) is 17.1. The van der Waals surface area contributed by atoms with Crippen molar-refractivity contribution in [3.05, 3.63) is 94.5 Å². The SMILES string of the molecule is COc1cccc(/C=N\NC(=O)C(O)(c2cccc(C)c2)c2cccc(C)c2)c1O. The molecule has 0 bridgehead atoms. The van der Waals surface area contributed by atoms with E-state index in [1.165, 1.54) is 13.3 Å². The normalized spacial score (nSPS) is 11.5. The minimum Gasteiger partial charge on any atom is -0.504 e. The smallest absolute Gasteiger partial charge is 0.281 e. The highest BCUT2D eigenvalue weighted by Gasteiger charge is 2.40. The summed E-state index contributed by atoms with van der Waals surface area (Å²) in [6, 6.07) is 19.2. The average Bonchev–Trinajstić information content (AvgIpc) is 2.74. The van der Waals surface area contributed by atoms with Gasteiger partial charge >= 0.3 is 0 Å². The summed E-state index contributed by atoms with van der Waals surface area (Å²) in [6.45, 7) is 3.78. The highest BCUT2D eigenvalue weighted by atomic mass is 16.5.